The summed E-state index contributed by atoms with van der Waals surface area (Å²) in [6.07, 6.45) is 1.53. The van der Waals surface area contributed by atoms with Gasteiger partial charge in [-0.2, -0.15) is 0 Å². The van der Waals surface area contributed by atoms with Crippen molar-refractivity contribution in [1.29, 1.82) is 0 Å². The summed E-state index contributed by atoms with van der Waals surface area (Å²) in [7, 11) is 1.75. The van der Waals surface area contributed by atoms with E-state index in [1.807, 2.05) is 32.9 Å². The first kappa shape index (κ1) is 14.1. The van der Waals surface area contributed by atoms with Gasteiger partial charge >= 0.3 is 0 Å². The van der Waals surface area contributed by atoms with Crippen molar-refractivity contribution >= 4 is 17.3 Å². The standard InChI is InChI=1S/C16H19N3O/c1-10-5-11(2)7-13(6-10)19(4)16(20)14-9-18-12(3)8-15(14)17/h5-9H,1-4H3,(H2,17,18). The van der Waals surface area contributed by atoms with Crippen molar-refractivity contribution < 1.29 is 4.79 Å². The van der Waals surface area contributed by atoms with Gasteiger partial charge in [-0.15, -0.1) is 0 Å². The Labute approximate surface area is 119 Å². The van der Waals surface area contributed by atoms with Crippen LogP contribution in [0.25, 0.3) is 0 Å². The van der Waals surface area contributed by atoms with Crippen molar-refractivity contribution in [1.82, 2.24) is 4.98 Å². The summed E-state index contributed by atoms with van der Waals surface area (Å²) in [5.41, 5.74) is 10.7. The van der Waals surface area contributed by atoms with Crippen molar-refractivity contribution in [2.45, 2.75) is 20.8 Å². The highest BCUT2D eigenvalue weighted by atomic mass is 16.2. The van der Waals surface area contributed by atoms with Crippen LogP contribution in [0.2, 0.25) is 0 Å². The molecule has 4 heteroatoms. The maximum absolute atomic E-state index is 12.5. The molecule has 1 heterocycles. The zero-order valence-corrected chi connectivity index (χ0v) is 12.3. The second-order valence-electron chi connectivity index (χ2n) is 5.12. The Morgan fingerprint density at radius 3 is 2.25 bits per heavy atom. The third-order valence-corrected chi connectivity index (χ3v) is 3.20. The first-order valence-electron chi connectivity index (χ1n) is 6.47. The number of hydrogen-bond acceptors (Lipinski definition) is 3. The number of carbonyl (C=O) groups excluding carboxylic acids is 1. The van der Waals surface area contributed by atoms with Gasteiger partial charge in [0.15, 0.2) is 0 Å². The van der Waals surface area contributed by atoms with Crippen molar-refractivity contribution in [3.63, 3.8) is 0 Å². The van der Waals surface area contributed by atoms with Gasteiger partial charge < -0.3 is 10.6 Å². The minimum absolute atomic E-state index is 0.153. The van der Waals surface area contributed by atoms with Crippen molar-refractivity contribution in [3.8, 4) is 0 Å². The molecule has 2 rings (SSSR count). The lowest BCUT2D eigenvalue weighted by Crippen LogP contribution is -2.27. The molecule has 20 heavy (non-hydrogen) atoms. The molecule has 0 aliphatic rings. The van der Waals surface area contributed by atoms with E-state index in [9.17, 15) is 4.79 Å². The van der Waals surface area contributed by atoms with E-state index in [2.05, 4.69) is 11.1 Å². The van der Waals surface area contributed by atoms with Gasteiger partial charge in [-0.05, 0) is 50.1 Å². The van der Waals surface area contributed by atoms with Crippen LogP contribution in [-0.4, -0.2) is 17.9 Å². The number of aromatic nitrogens is 1. The number of pyridine rings is 1. The second kappa shape index (κ2) is 5.33. The van der Waals surface area contributed by atoms with Gasteiger partial charge in [-0.3, -0.25) is 9.78 Å². The third-order valence-electron chi connectivity index (χ3n) is 3.20. The number of carbonyl (C=O) groups is 1. The van der Waals surface area contributed by atoms with Gasteiger partial charge in [0.2, 0.25) is 0 Å². The second-order valence-corrected chi connectivity index (χ2v) is 5.12. The SMILES string of the molecule is Cc1cc(C)cc(N(C)C(=O)c2cnc(C)cc2N)c1. The molecule has 1 amide bonds. The Morgan fingerprint density at radius 1 is 1.10 bits per heavy atom. The number of rotatable bonds is 2. The van der Waals surface area contributed by atoms with Gasteiger partial charge in [-0.25, -0.2) is 0 Å². The zero-order valence-electron chi connectivity index (χ0n) is 12.3. The molecular formula is C16H19N3O. The molecule has 0 unspecified atom stereocenters. The minimum atomic E-state index is -0.153. The topological polar surface area (TPSA) is 59.2 Å². The van der Waals surface area contributed by atoms with E-state index in [0.717, 1.165) is 22.5 Å². The van der Waals surface area contributed by atoms with Gasteiger partial charge in [0, 0.05) is 30.3 Å². The summed E-state index contributed by atoms with van der Waals surface area (Å²) in [5.74, 6) is -0.153. The number of aryl methyl sites for hydroxylation is 3. The maximum Gasteiger partial charge on any atom is 0.261 e. The van der Waals surface area contributed by atoms with Crippen LogP contribution in [0.3, 0.4) is 0 Å². The number of nitrogens with zero attached hydrogens (tertiary/aromatic N) is 2. The lowest BCUT2D eigenvalue weighted by Gasteiger charge is -2.19. The summed E-state index contributed by atoms with van der Waals surface area (Å²) in [6.45, 7) is 5.87. The van der Waals surface area contributed by atoms with Crippen LogP contribution in [0.1, 0.15) is 27.2 Å². The van der Waals surface area contributed by atoms with E-state index >= 15 is 0 Å². The molecule has 2 aromatic rings. The Morgan fingerprint density at radius 2 is 1.70 bits per heavy atom. The molecule has 104 valence electrons. The molecule has 0 atom stereocenters. The smallest absolute Gasteiger partial charge is 0.261 e. The highest BCUT2D eigenvalue weighted by Gasteiger charge is 2.17. The van der Waals surface area contributed by atoms with Crippen LogP contribution >= 0.6 is 0 Å². The van der Waals surface area contributed by atoms with Crippen LogP contribution in [0, 0.1) is 20.8 Å². The Hall–Kier alpha value is -2.36. The predicted octanol–water partition coefficient (Wildman–Crippen LogP) is 2.87. The van der Waals surface area contributed by atoms with E-state index in [0.29, 0.717) is 11.3 Å². The number of anilines is 2. The first-order valence-corrected chi connectivity index (χ1v) is 6.47. The van der Waals surface area contributed by atoms with Crippen molar-refractivity contribution in [3.05, 3.63) is 52.8 Å². The van der Waals surface area contributed by atoms with Crippen LogP contribution in [-0.2, 0) is 0 Å². The normalized spacial score (nSPS) is 10.4. The molecule has 1 aromatic carbocycles. The first-order chi connectivity index (χ1) is 9.38. The van der Waals surface area contributed by atoms with Crippen LogP contribution < -0.4 is 10.6 Å². The Bertz CT molecular complexity index is 645. The molecule has 4 nitrogen and oxygen atoms in total. The van der Waals surface area contributed by atoms with E-state index in [-0.39, 0.29) is 5.91 Å². The molecule has 0 bridgehead atoms. The van der Waals surface area contributed by atoms with E-state index < -0.39 is 0 Å². The van der Waals surface area contributed by atoms with E-state index in [1.54, 1.807) is 18.0 Å². The van der Waals surface area contributed by atoms with Crippen LogP contribution in [0.15, 0.2) is 30.5 Å². The summed E-state index contributed by atoms with van der Waals surface area (Å²) in [4.78, 5) is 18.3. The molecule has 1 aromatic heterocycles. The molecule has 0 radical (unpaired) electrons. The lowest BCUT2D eigenvalue weighted by atomic mass is 10.1. The quantitative estimate of drug-likeness (QED) is 0.912. The van der Waals surface area contributed by atoms with E-state index in [1.165, 1.54) is 6.20 Å². The highest BCUT2D eigenvalue weighted by Crippen LogP contribution is 2.21. The van der Waals surface area contributed by atoms with Crippen LogP contribution in [0.4, 0.5) is 11.4 Å². The Balaban J connectivity index is 2.37. The molecule has 0 spiro atoms. The summed E-state index contributed by atoms with van der Waals surface area (Å²) >= 11 is 0. The number of nitrogen functional groups attached to an aromatic ring is 1. The predicted molar refractivity (Wildman–Crippen MR) is 82.0 cm³/mol. The summed E-state index contributed by atoms with van der Waals surface area (Å²) in [5, 5.41) is 0. The largest absolute Gasteiger partial charge is 0.398 e. The fourth-order valence-corrected chi connectivity index (χ4v) is 2.20. The fraction of sp³-hybridized carbons (Fsp3) is 0.250. The number of amides is 1. The minimum Gasteiger partial charge on any atom is -0.398 e. The zero-order chi connectivity index (χ0) is 14.9. The monoisotopic (exact) mass is 269 g/mol. The molecule has 0 saturated carbocycles. The number of benzene rings is 1. The average molecular weight is 269 g/mol. The Kier molecular flexibility index (Phi) is 3.74. The van der Waals surface area contributed by atoms with Crippen molar-refractivity contribution in [2.24, 2.45) is 0 Å². The highest BCUT2D eigenvalue weighted by molar-refractivity contribution is 6.08. The van der Waals surface area contributed by atoms with Crippen LogP contribution in [0.5, 0.6) is 0 Å². The molecule has 0 saturated heterocycles. The van der Waals surface area contributed by atoms with Gasteiger partial charge in [-0.1, -0.05) is 6.07 Å². The van der Waals surface area contributed by atoms with E-state index in [4.69, 9.17) is 5.73 Å². The number of nitrogens with two attached hydrogens (primary N) is 1. The van der Waals surface area contributed by atoms with Gasteiger partial charge in [0.1, 0.15) is 0 Å². The molecule has 2 N–H and O–H groups in total. The molecule has 0 aliphatic carbocycles. The summed E-state index contributed by atoms with van der Waals surface area (Å²) < 4.78 is 0. The lowest BCUT2D eigenvalue weighted by molar-refractivity contribution is 0.0993. The van der Waals surface area contributed by atoms with Crippen molar-refractivity contribution in [2.75, 3.05) is 17.7 Å². The maximum atomic E-state index is 12.5. The molecule has 0 fully saturated rings. The molecular weight excluding hydrogens is 250 g/mol. The summed E-state index contributed by atoms with van der Waals surface area (Å²) in [6, 6.07) is 7.73. The molecule has 0 aliphatic heterocycles. The fourth-order valence-electron chi connectivity index (χ4n) is 2.20. The third kappa shape index (κ3) is 2.79. The average Bonchev–Trinajstić information content (AvgIpc) is 2.36. The van der Waals surface area contributed by atoms with Gasteiger partial charge in [0.05, 0.1) is 5.56 Å². The number of hydrogen-bond donors (Lipinski definition) is 1. The van der Waals surface area contributed by atoms with Gasteiger partial charge in [0.25, 0.3) is 5.91 Å².